The van der Waals surface area contributed by atoms with Gasteiger partial charge in [0.15, 0.2) is 0 Å². The lowest BCUT2D eigenvalue weighted by Crippen LogP contribution is -2.67. The first-order chi connectivity index (χ1) is 12.1. The number of aromatic nitrogens is 2. The first kappa shape index (κ1) is 17.4. The van der Waals surface area contributed by atoms with Crippen LogP contribution in [0.5, 0.6) is 0 Å². The molecule has 7 heteroatoms. The largest absolute Gasteiger partial charge is 0.394 e. The van der Waals surface area contributed by atoms with Crippen LogP contribution in [0.3, 0.4) is 0 Å². The first-order valence-corrected chi connectivity index (χ1v) is 9.37. The summed E-state index contributed by atoms with van der Waals surface area (Å²) in [5.74, 6) is 0.286. The van der Waals surface area contributed by atoms with Gasteiger partial charge in [0, 0.05) is 62.4 Å². The van der Waals surface area contributed by atoms with Crippen LogP contribution in [-0.2, 0) is 22.6 Å². The predicted molar refractivity (Wildman–Crippen MR) is 91.0 cm³/mol. The van der Waals surface area contributed by atoms with Crippen molar-refractivity contribution >= 4 is 0 Å². The maximum absolute atomic E-state index is 11.4. The Hall–Kier alpha value is -0.990. The molecule has 0 bridgehead atoms. The third-order valence-corrected chi connectivity index (χ3v) is 6.31. The summed E-state index contributed by atoms with van der Waals surface area (Å²) in [6.07, 6.45) is 3.71. The van der Waals surface area contributed by atoms with E-state index < -0.39 is 5.60 Å². The van der Waals surface area contributed by atoms with Gasteiger partial charge in [0.1, 0.15) is 0 Å². The Labute approximate surface area is 148 Å². The zero-order chi connectivity index (χ0) is 17.4. The summed E-state index contributed by atoms with van der Waals surface area (Å²) in [6.45, 7) is 6.98. The summed E-state index contributed by atoms with van der Waals surface area (Å²) >= 11 is 0. The molecule has 0 saturated carbocycles. The zero-order valence-corrected chi connectivity index (χ0v) is 14.9. The van der Waals surface area contributed by atoms with Crippen LogP contribution in [-0.4, -0.2) is 76.1 Å². The van der Waals surface area contributed by atoms with Crippen molar-refractivity contribution in [2.24, 2.45) is 11.8 Å². The van der Waals surface area contributed by atoms with Crippen LogP contribution in [0.2, 0.25) is 0 Å². The van der Waals surface area contributed by atoms with Gasteiger partial charge in [-0.1, -0.05) is 0 Å². The summed E-state index contributed by atoms with van der Waals surface area (Å²) in [7, 11) is 0. The van der Waals surface area contributed by atoms with Gasteiger partial charge in [-0.3, -0.25) is 9.58 Å². The van der Waals surface area contributed by atoms with Crippen LogP contribution < -0.4 is 0 Å². The third-order valence-electron chi connectivity index (χ3n) is 6.31. The Kier molecular flexibility index (Phi) is 4.85. The minimum Gasteiger partial charge on any atom is -0.394 e. The first-order valence-electron chi connectivity index (χ1n) is 9.37. The summed E-state index contributed by atoms with van der Waals surface area (Å²) < 4.78 is 13.2. The predicted octanol–water partition coefficient (Wildman–Crippen LogP) is 0.172. The summed E-state index contributed by atoms with van der Waals surface area (Å²) in [6, 6.07) is 0.341. The van der Waals surface area contributed by atoms with E-state index in [0.717, 1.165) is 31.8 Å². The van der Waals surface area contributed by atoms with Gasteiger partial charge >= 0.3 is 0 Å². The fraction of sp³-hybridized carbons (Fsp3) is 0.833. The monoisotopic (exact) mass is 351 g/mol. The molecule has 0 radical (unpaired) electrons. The van der Waals surface area contributed by atoms with Crippen LogP contribution in [0.15, 0.2) is 6.20 Å². The highest BCUT2D eigenvalue weighted by molar-refractivity contribution is 5.17. The molecule has 140 valence electrons. The number of piperidine rings is 1. The topological polar surface area (TPSA) is 80.0 Å². The van der Waals surface area contributed by atoms with Gasteiger partial charge in [-0.05, 0) is 13.3 Å². The molecule has 7 nitrogen and oxygen atoms in total. The molecule has 1 aromatic heterocycles. The maximum atomic E-state index is 11.4. The number of hydrogen-bond donors (Lipinski definition) is 2. The van der Waals surface area contributed by atoms with E-state index in [-0.39, 0.29) is 18.4 Å². The molecule has 25 heavy (non-hydrogen) atoms. The van der Waals surface area contributed by atoms with E-state index in [4.69, 9.17) is 14.6 Å². The van der Waals surface area contributed by atoms with Crippen LogP contribution >= 0.6 is 0 Å². The van der Waals surface area contributed by atoms with Crippen molar-refractivity contribution < 1.29 is 19.7 Å². The molecule has 4 rings (SSSR count). The Morgan fingerprint density at radius 1 is 1.32 bits per heavy atom. The molecule has 3 aliphatic heterocycles. The molecule has 3 fully saturated rings. The van der Waals surface area contributed by atoms with Crippen LogP contribution in [0.4, 0.5) is 0 Å². The Morgan fingerprint density at radius 2 is 2.16 bits per heavy atom. The van der Waals surface area contributed by atoms with Crippen molar-refractivity contribution in [3.63, 3.8) is 0 Å². The fourth-order valence-electron chi connectivity index (χ4n) is 4.90. The van der Waals surface area contributed by atoms with E-state index in [1.54, 1.807) is 0 Å². The van der Waals surface area contributed by atoms with Gasteiger partial charge in [0.25, 0.3) is 0 Å². The lowest BCUT2D eigenvalue weighted by molar-refractivity contribution is -0.221. The molecule has 4 atom stereocenters. The van der Waals surface area contributed by atoms with E-state index in [0.29, 0.717) is 38.8 Å². The number of hydrogen-bond acceptors (Lipinski definition) is 6. The molecule has 0 unspecified atom stereocenters. The van der Waals surface area contributed by atoms with E-state index in [1.165, 1.54) is 5.56 Å². The van der Waals surface area contributed by atoms with Gasteiger partial charge in [-0.25, -0.2) is 0 Å². The highest BCUT2D eigenvalue weighted by atomic mass is 16.5. The number of aryl methyl sites for hydroxylation is 1. The highest BCUT2D eigenvalue weighted by Gasteiger charge is 2.55. The SMILES string of the molecule is Cc1nn(CCO)cc1CN1C[C@H]2COCC[C@@]2(O)[C@@H]2COCC[C@@H]21. The molecular formula is C18H29N3O4. The number of rotatable bonds is 4. The average Bonchev–Trinajstić information content (AvgIpc) is 2.95. The standard InChI is InChI=1S/C18H29N3O4/c1-13-14(9-21(19-13)4-5-22)8-20-10-15-11-25-7-3-18(15,23)16-12-24-6-2-17(16)20/h9,15-17,22-23H,2-8,10-12H2,1H3/t15-,16+,17-,18-/m0/s1. The smallest absolute Gasteiger partial charge is 0.0796 e. The number of ether oxygens (including phenoxy) is 2. The van der Waals surface area contributed by atoms with E-state index in [9.17, 15) is 5.11 Å². The normalized spacial score (nSPS) is 36.0. The number of fused-ring (bicyclic) bond motifs is 3. The quantitative estimate of drug-likeness (QED) is 0.805. The zero-order valence-electron chi connectivity index (χ0n) is 14.9. The molecule has 2 N–H and O–H groups in total. The van der Waals surface area contributed by atoms with Crippen molar-refractivity contribution in [2.75, 3.05) is 39.6 Å². The summed E-state index contributed by atoms with van der Waals surface area (Å²) in [4.78, 5) is 2.49. The van der Waals surface area contributed by atoms with Crippen molar-refractivity contribution in [3.8, 4) is 0 Å². The van der Waals surface area contributed by atoms with Crippen LogP contribution in [0.1, 0.15) is 24.1 Å². The molecule has 0 amide bonds. The Morgan fingerprint density at radius 3 is 3.00 bits per heavy atom. The van der Waals surface area contributed by atoms with Gasteiger partial charge in [-0.15, -0.1) is 0 Å². The lowest BCUT2D eigenvalue weighted by Gasteiger charge is -2.57. The van der Waals surface area contributed by atoms with Gasteiger partial charge < -0.3 is 19.7 Å². The minimum atomic E-state index is -0.657. The second-order valence-electron chi connectivity index (χ2n) is 7.71. The number of nitrogens with zero attached hydrogens (tertiary/aromatic N) is 3. The molecule has 0 spiro atoms. The third kappa shape index (κ3) is 3.13. The van der Waals surface area contributed by atoms with E-state index in [1.807, 2.05) is 17.8 Å². The lowest BCUT2D eigenvalue weighted by atomic mass is 9.66. The molecule has 4 heterocycles. The molecule has 0 aliphatic carbocycles. The second-order valence-corrected chi connectivity index (χ2v) is 7.71. The highest BCUT2D eigenvalue weighted by Crippen LogP contribution is 2.44. The van der Waals surface area contributed by atoms with Gasteiger partial charge in [0.05, 0.1) is 37.7 Å². The number of likely N-dealkylation sites (tertiary alicyclic amines) is 1. The van der Waals surface area contributed by atoms with Gasteiger partial charge in [-0.2, -0.15) is 5.10 Å². The van der Waals surface area contributed by atoms with Crippen LogP contribution in [0, 0.1) is 18.8 Å². The molecule has 3 aliphatic rings. The van der Waals surface area contributed by atoms with Crippen molar-refractivity contribution in [1.82, 2.24) is 14.7 Å². The number of aliphatic hydroxyl groups is 2. The molecule has 3 saturated heterocycles. The molecular weight excluding hydrogens is 322 g/mol. The number of aliphatic hydroxyl groups excluding tert-OH is 1. The van der Waals surface area contributed by atoms with E-state index >= 15 is 0 Å². The molecule has 0 aromatic carbocycles. The van der Waals surface area contributed by atoms with E-state index in [2.05, 4.69) is 10.00 Å². The Balaban J connectivity index is 1.56. The van der Waals surface area contributed by atoms with Crippen molar-refractivity contribution in [1.29, 1.82) is 0 Å². The maximum Gasteiger partial charge on any atom is 0.0796 e. The summed E-state index contributed by atoms with van der Waals surface area (Å²) in [5.41, 5.74) is 1.55. The fourth-order valence-corrected chi connectivity index (χ4v) is 4.90. The minimum absolute atomic E-state index is 0.0960. The Bertz CT molecular complexity index is 607. The second kappa shape index (κ2) is 6.96. The molecule has 1 aromatic rings. The van der Waals surface area contributed by atoms with Crippen molar-refractivity contribution in [2.45, 2.75) is 44.5 Å². The van der Waals surface area contributed by atoms with Crippen molar-refractivity contribution in [3.05, 3.63) is 17.5 Å². The van der Waals surface area contributed by atoms with Gasteiger partial charge in [0.2, 0.25) is 0 Å². The van der Waals surface area contributed by atoms with Crippen LogP contribution in [0.25, 0.3) is 0 Å². The average molecular weight is 351 g/mol. The summed E-state index contributed by atoms with van der Waals surface area (Å²) in [5, 5.41) is 25.0.